The minimum atomic E-state index is -4.52. The first-order chi connectivity index (χ1) is 11.9. The molecular weight excluding hydrogens is 333 g/mol. The van der Waals surface area contributed by atoms with Crippen LogP contribution in [-0.2, 0) is 6.18 Å². The number of para-hydroxylation sites is 1. The Hall–Kier alpha value is -3.10. The monoisotopic (exact) mass is 348 g/mol. The molecule has 130 valence electrons. The van der Waals surface area contributed by atoms with Crippen LogP contribution in [0.3, 0.4) is 0 Å². The third-order valence-electron chi connectivity index (χ3n) is 3.50. The molecule has 0 radical (unpaired) electrons. The van der Waals surface area contributed by atoms with Crippen molar-refractivity contribution in [2.24, 2.45) is 0 Å². The second kappa shape index (κ2) is 6.42. The van der Waals surface area contributed by atoms with Crippen LogP contribution in [0.2, 0.25) is 0 Å². The summed E-state index contributed by atoms with van der Waals surface area (Å²) in [6, 6.07) is 9.46. The molecule has 0 aliphatic rings. The summed E-state index contributed by atoms with van der Waals surface area (Å²) in [5, 5.41) is 9.72. The van der Waals surface area contributed by atoms with Gasteiger partial charge in [-0.1, -0.05) is 18.2 Å². The maximum atomic E-state index is 12.9. The molecular formula is C16H15F3N6. The van der Waals surface area contributed by atoms with E-state index in [-0.39, 0.29) is 11.8 Å². The zero-order valence-electron chi connectivity index (χ0n) is 13.5. The number of nitrogens with one attached hydrogen (secondary N) is 2. The Kier molecular flexibility index (Phi) is 4.30. The van der Waals surface area contributed by atoms with Crippen molar-refractivity contribution in [3.63, 3.8) is 0 Å². The first kappa shape index (κ1) is 16.7. The van der Waals surface area contributed by atoms with E-state index >= 15 is 0 Å². The lowest BCUT2D eigenvalue weighted by Gasteiger charge is -2.12. The molecule has 3 aromatic rings. The van der Waals surface area contributed by atoms with Crippen LogP contribution in [0.1, 0.15) is 11.3 Å². The van der Waals surface area contributed by atoms with Crippen molar-refractivity contribution >= 4 is 17.5 Å². The van der Waals surface area contributed by atoms with Gasteiger partial charge >= 0.3 is 6.18 Å². The van der Waals surface area contributed by atoms with Crippen LogP contribution in [0.15, 0.2) is 42.7 Å². The number of halogens is 3. The van der Waals surface area contributed by atoms with Crippen LogP contribution >= 0.6 is 0 Å². The minimum absolute atomic E-state index is 0.0491. The van der Waals surface area contributed by atoms with Crippen molar-refractivity contribution in [1.82, 2.24) is 19.7 Å². The lowest BCUT2D eigenvalue weighted by molar-refractivity contribution is -0.137. The van der Waals surface area contributed by atoms with Crippen molar-refractivity contribution in [2.75, 3.05) is 17.7 Å². The van der Waals surface area contributed by atoms with Gasteiger partial charge in [0.25, 0.3) is 0 Å². The lowest BCUT2D eigenvalue weighted by atomic mass is 10.3. The van der Waals surface area contributed by atoms with Gasteiger partial charge in [-0.05, 0) is 19.1 Å². The highest BCUT2D eigenvalue weighted by atomic mass is 19.4. The molecule has 0 aliphatic heterocycles. The van der Waals surface area contributed by atoms with Gasteiger partial charge in [0.15, 0.2) is 0 Å². The number of hydrogen-bond donors (Lipinski definition) is 2. The van der Waals surface area contributed by atoms with Crippen molar-refractivity contribution < 1.29 is 13.2 Å². The summed E-state index contributed by atoms with van der Waals surface area (Å²) >= 11 is 0. The molecule has 0 fully saturated rings. The Morgan fingerprint density at radius 1 is 1.12 bits per heavy atom. The van der Waals surface area contributed by atoms with Gasteiger partial charge in [0.05, 0.1) is 23.3 Å². The van der Waals surface area contributed by atoms with Crippen LogP contribution < -0.4 is 10.6 Å². The average Bonchev–Trinajstić information content (AvgIpc) is 2.95. The fourth-order valence-corrected chi connectivity index (χ4v) is 2.26. The number of aryl methyl sites for hydroxylation is 1. The molecule has 0 spiro atoms. The molecule has 25 heavy (non-hydrogen) atoms. The van der Waals surface area contributed by atoms with E-state index in [4.69, 9.17) is 0 Å². The van der Waals surface area contributed by atoms with E-state index in [2.05, 4.69) is 25.7 Å². The fraction of sp³-hybridized carbons (Fsp3) is 0.188. The molecule has 0 bridgehead atoms. The Labute approximate surface area is 141 Å². The maximum Gasteiger partial charge on any atom is 0.421 e. The van der Waals surface area contributed by atoms with Gasteiger partial charge in [-0.15, -0.1) is 0 Å². The van der Waals surface area contributed by atoms with Crippen molar-refractivity contribution in [3.05, 3.63) is 54.0 Å². The minimum Gasteiger partial charge on any atom is -0.372 e. The lowest BCUT2D eigenvalue weighted by Crippen LogP contribution is -2.12. The van der Waals surface area contributed by atoms with E-state index in [1.165, 1.54) is 7.05 Å². The number of hydrogen-bond acceptors (Lipinski definition) is 5. The van der Waals surface area contributed by atoms with Gasteiger partial charge < -0.3 is 10.6 Å². The van der Waals surface area contributed by atoms with Crippen LogP contribution in [0.25, 0.3) is 5.69 Å². The van der Waals surface area contributed by atoms with Crippen LogP contribution in [0.5, 0.6) is 0 Å². The maximum absolute atomic E-state index is 12.9. The van der Waals surface area contributed by atoms with Crippen molar-refractivity contribution in [2.45, 2.75) is 13.1 Å². The Morgan fingerprint density at radius 3 is 2.48 bits per heavy atom. The zero-order chi connectivity index (χ0) is 18.0. The number of anilines is 3. The average molecular weight is 348 g/mol. The molecule has 2 heterocycles. The zero-order valence-corrected chi connectivity index (χ0v) is 13.5. The number of nitrogens with zero attached hydrogens (tertiary/aromatic N) is 4. The van der Waals surface area contributed by atoms with Crippen LogP contribution in [-0.4, -0.2) is 26.8 Å². The Balaban J connectivity index is 1.89. The third-order valence-corrected chi connectivity index (χ3v) is 3.50. The molecule has 9 heteroatoms. The number of benzene rings is 1. The summed E-state index contributed by atoms with van der Waals surface area (Å²) in [5.74, 6) is -0.244. The molecule has 0 unspecified atom stereocenters. The largest absolute Gasteiger partial charge is 0.421 e. The van der Waals surface area contributed by atoms with Gasteiger partial charge in [-0.25, -0.2) is 9.67 Å². The van der Waals surface area contributed by atoms with E-state index < -0.39 is 11.7 Å². The number of rotatable bonds is 4. The van der Waals surface area contributed by atoms with Gasteiger partial charge in [0.2, 0.25) is 5.95 Å². The summed E-state index contributed by atoms with van der Waals surface area (Å²) in [6.07, 6.45) is -2.05. The highest BCUT2D eigenvalue weighted by Crippen LogP contribution is 2.33. The Bertz CT molecular complexity index is 873. The van der Waals surface area contributed by atoms with E-state index in [0.29, 0.717) is 11.4 Å². The third kappa shape index (κ3) is 3.54. The van der Waals surface area contributed by atoms with Crippen LogP contribution in [0, 0.1) is 6.92 Å². The summed E-state index contributed by atoms with van der Waals surface area (Å²) in [4.78, 5) is 7.64. The molecule has 0 saturated heterocycles. The normalized spacial score (nSPS) is 11.4. The first-order valence-electron chi connectivity index (χ1n) is 7.39. The highest BCUT2D eigenvalue weighted by molar-refractivity contribution is 5.58. The van der Waals surface area contributed by atoms with Crippen LogP contribution in [0.4, 0.5) is 30.6 Å². The smallest absolute Gasteiger partial charge is 0.372 e. The molecule has 0 aliphatic carbocycles. The molecule has 2 aromatic heterocycles. The van der Waals surface area contributed by atoms with E-state index in [1.54, 1.807) is 17.8 Å². The Morgan fingerprint density at radius 2 is 1.84 bits per heavy atom. The standard InChI is InChI=1S/C16H15F3N6/c1-10-13(9-25(24-10)11-6-4-3-5-7-11)22-15-21-8-12(16(17,18)19)14(20-2)23-15/h3-9H,1-2H3,(H2,20,21,22,23). The second-order valence-corrected chi connectivity index (χ2v) is 5.24. The SMILES string of the molecule is CNc1nc(Nc2cn(-c3ccccc3)nc2C)ncc1C(F)(F)F. The molecule has 6 nitrogen and oxygen atoms in total. The summed E-state index contributed by atoms with van der Waals surface area (Å²) in [5.41, 5.74) is 1.21. The van der Waals surface area contributed by atoms with Gasteiger partial charge in [0, 0.05) is 13.2 Å². The molecule has 1 aromatic carbocycles. The molecule has 3 rings (SSSR count). The fourth-order valence-electron chi connectivity index (χ4n) is 2.26. The van der Waals surface area contributed by atoms with Crippen molar-refractivity contribution in [3.8, 4) is 5.69 Å². The number of alkyl halides is 3. The van der Waals surface area contributed by atoms with Gasteiger partial charge in [-0.2, -0.15) is 23.3 Å². The summed E-state index contributed by atoms with van der Waals surface area (Å²) in [7, 11) is 1.38. The predicted octanol–water partition coefficient (Wildman–Crippen LogP) is 3.77. The highest BCUT2D eigenvalue weighted by Gasteiger charge is 2.35. The molecule has 2 N–H and O–H groups in total. The molecule has 0 saturated carbocycles. The van der Waals surface area contributed by atoms with E-state index in [0.717, 1.165) is 11.9 Å². The van der Waals surface area contributed by atoms with Gasteiger partial charge in [0.1, 0.15) is 11.4 Å². The van der Waals surface area contributed by atoms with E-state index in [9.17, 15) is 13.2 Å². The van der Waals surface area contributed by atoms with E-state index in [1.807, 2.05) is 30.3 Å². The molecule has 0 amide bonds. The summed E-state index contributed by atoms with van der Waals surface area (Å²) in [6.45, 7) is 1.78. The topological polar surface area (TPSA) is 67.7 Å². The van der Waals surface area contributed by atoms with Crippen molar-refractivity contribution in [1.29, 1.82) is 0 Å². The summed E-state index contributed by atoms with van der Waals surface area (Å²) < 4.78 is 40.4. The quantitative estimate of drug-likeness (QED) is 0.751. The second-order valence-electron chi connectivity index (χ2n) is 5.24. The molecule has 0 atom stereocenters. The predicted molar refractivity (Wildman–Crippen MR) is 88.2 cm³/mol. The first-order valence-corrected chi connectivity index (χ1v) is 7.39. The number of aromatic nitrogens is 4. The van der Waals surface area contributed by atoms with Gasteiger partial charge in [-0.3, -0.25) is 0 Å².